The summed E-state index contributed by atoms with van der Waals surface area (Å²) in [6.45, 7) is 4.76. The lowest BCUT2D eigenvalue weighted by molar-refractivity contribution is -0.142. The van der Waals surface area contributed by atoms with Crippen molar-refractivity contribution in [2.24, 2.45) is 5.92 Å². The van der Waals surface area contributed by atoms with Crippen molar-refractivity contribution >= 4 is 23.8 Å². The van der Waals surface area contributed by atoms with Crippen LogP contribution in [0.2, 0.25) is 0 Å². The summed E-state index contributed by atoms with van der Waals surface area (Å²) in [4.78, 5) is 48.5. The number of carbonyl (C=O) groups is 4. The van der Waals surface area contributed by atoms with Crippen LogP contribution in [0.25, 0.3) is 0 Å². The van der Waals surface area contributed by atoms with E-state index in [1.54, 1.807) is 13.8 Å². The molecular weight excluding hydrogens is 278 g/mol. The second kappa shape index (κ2) is 6.11. The van der Waals surface area contributed by atoms with E-state index in [1.807, 2.05) is 0 Å². The Labute approximate surface area is 123 Å². The van der Waals surface area contributed by atoms with Crippen LogP contribution in [0.3, 0.4) is 0 Å². The highest BCUT2D eigenvalue weighted by molar-refractivity contribution is 6.06. The first kappa shape index (κ1) is 16.9. The molecule has 0 radical (unpaired) electrons. The van der Waals surface area contributed by atoms with Gasteiger partial charge in [-0.25, -0.2) is 4.79 Å². The van der Waals surface area contributed by atoms with Crippen LogP contribution in [0.15, 0.2) is 0 Å². The first-order chi connectivity index (χ1) is 9.56. The lowest BCUT2D eigenvalue weighted by Gasteiger charge is -2.21. The zero-order valence-corrected chi connectivity index (χ0v) is 12.7. The number of hydrogen-bond donors (Lipinski definition) is 2. The highest BCUT2D eigenvalue weighted by Gasteiger charge is 2.44. The van der Waals surface area contributed by atoms with Gasteiger partial charge in [0.1, 0.15) is 5.54 Å². The molecule has 1 unspecified atom stereocenters. The fraction of sp³-hybridized carbons (Fsp3) is 0.692. The second-order valence-electron chi connectivity index (χ2n) is 5.78. The van der Waals surface area contributed by atoms with Gasteiger partial charge in [0, 0.05) is 26.6 Å². The molecule has 1 aliphatic heterocycles. The van der Waals surface area contributed by atoms with Crippen molar-refractivity contribution < 1.29 is 24.3 Å². The normalized spacial score (nSPS) is 18.4. The van der Waals surface area contributed by atoms with Crippen LogP contribution in [0, 0.1) is 5.92 Å². The van der Waals surface area contributed by atoms with Crippen LogP contribution in [0.5, 0.6) is 0 Å². The van der Waals surface area contributed by atoms with E-state index in [-0.39, 0.29) is 31.3 Å². The minimum atomic E-state index is -0.981. The van der Waals surface area contributed by atoms with Gasteiger partial charge in [0.2, 0.25) is 5.91 Å². The predicted molar refractivity (Wildman–Crippen MR) is 73.4 cm³/mol. The Hall–Kier alpha value is -2.12. The molecule has 2 N–H and O–H groups in total. The average molecular weight is 299 g/mol. The van der Waals surface area contributed by atoms with Crippen molar-refractivity contribution in [1.29, 1.82) is 0 Å². The summed E-state index contributed by atoms with van der Waals surface area (Å²) in [6, 6.07) is -0.514. The third-order valence-corrected chi connectivity index (χ3v) is 3.39. The standard InChI is InChI=1S/C13H21N3O5/c1-8(10(18)19)7-15(4)9(17)5-6-16-11(20)13(2,3)14-12(16)21/h8H,5-7H2,1-4H3,(H,14,21)(H,18,19). The highest BCUT2D eigenvalue weighted by Crippen LogP contribution is 2.16. The lowest BCUT2D eigenvalue weighted by atomic mass is 10.1. The van der Waals surface area contributed by atoms with Crippen molar-refractivity contribution in [2.75, 3.05) is 20.1 Å². The Morgan fingerprint density at radius 1 is 1.38 bits per heavy atom. The van der Waals surface area contributed by atoms with Crippen molar-refractivity contribution in [3.63, 3.8) is 0 Å². The zero-order chi connectivity index (χ0) is 16.4. The molecular formula is C13H21N3O5. The molecule has 118 valence electrons. The van der Waals surface area contributed by atoms with E-state index >= 15 is 0 Å². The number of carbonyl (C=O) groups excluding carboxylic acids is 3. The molecule has 0 spiro atoms. The average Bonchev–Trinajstić information content (AvgIpc) is 2.55. The third-order valence-electron chi connectivity index (χ3n) is 3.39. The monoisotopic (exact) mass is 299 g/mol. The van der Waals surface area contributed by atoms with E-state index in [1.165, 1.54) is 18.9 Å². The second-order valence-corrected chi connectivity index (χ2v) is 5.78. The molecule has 1 rings (SSSR count). The van der Waals surface area contributed by atoms with E-state index in [4.69, 9.17) is 5.11 Å². The first-order valence-electron chi connectivity index (χ1n) is 6.67. The maximum atomic E-state index is 11.9. The number of urea groups is 1. The van der Waals surface area contributed by atoms with Crippen molar-refractivity contribution in [3.8, 4) is 0 Å². The van der Waals surface area contributed by atoms with Gasteiger partial charge in [-0.3, -0.25) is 19.3 Å². The molecule has 21 heavy (non-hydrogen) atoms. The summed E-state index contributed by atoms with van der Waals surface area (Å²) in [6.07, 6.45) is -0.0297. The zero-order valence-electron chi connectivity index (χ0n) is 12.7. The molecule has 1 atom stereocenters. The molecule has 1 saturated heterocycles. The Morgan fingerprint density at radius 2 is 1.95 bits per heavy atom. The molecule has 0 saturated carbocycles. The van der Waals surface area contributed by atoms with Gasteiger partial charge in [-0.15, -0.1) is 0 Å². The van der Waals surface area contributed by atoms with Crippen molar-refractivity contribution in [1.82, 2.24) is 15.1 Å². The topological polar surface area (TPSA) is 107 Å². The van der Waals surface area contributed by atoms with E-state index in [0.29, 0.717) is 0 Å². The molecule has 0 aromatic rings. The summed E-state index contributed by atoms with van der Waals surface area (Å²) in [7, 11) is 1.50. The molecule has 0 aromatic carbocycles. The molecule has 0 aromatic heterocycles. The van der Waals surface area contributed by atoms with E-state index in [9.17, 15) is 19.2 Å². The number of aliphatic carboxylic acids is 1. The minimum absolute atomic E-state index is 0.0152. The fourth-order valence-electron chi connectivity index (χ4n) is 2.01. The van der Waals surface area contributed by atoms with E-state index in [2.05, 4.69) is 5.32 Å². The summed E-state index contributed by atoms with van der Waals surface area (Å²) in [5.41, 5.74) is -0.955. The number of carboxylic acids is 1. The quantitative estimate of drug-likeness (QED) is 0.665. The predicted octanol–water partition coefficient (Wildman–Crippen LogP) is -0.114. The van der Waals surface area contributed by atoms with Gasteiger partial charge in [-0.2, -0.15) is 0 Å². The maximum Gasteiger partial charge on any atom is 0.325 e. The maximum absolute atomic E-state index is 11.9. The molecule has 8 nitrogen and oxygen atoms in total. The number of amides is 4. The van der Waals surface area contributed by atoms with Gasteiger partial charge in [-0.05, 0) is 13.8 Å². The first-order valence-corrected chi connectivity index (χ1v) is 6.67. The summed E-state index contributed by atoms with van der Waals surface area (Å²) in [5.74, 6) is -2.34. The van der Waals surface area contributed by atoms with Gasteiger partial charge in [0.05, 0.1) is 5.92 Å². The SMILES string of the molecule is CC(CN(C)C(=O)CCN1C(=O)NC(C)(C)C1=O)C(=O)O. The molecule has 1 aliphatic rings. The fourth-order valence-corrected chi connectivity index (χ4v) is 2.01. The number of rotatable bonds is 6. The largest absolute Gasteiger partial charge is 0.481 e. The highest BCUT2D eigenvalue weighted by atomic mass is 16.4. The van der Waals surface area contributed by atoms with Crippen molar-refractivity contribution in [2.45, 2.75) is 32.7 Å². The van der Waals surface area contributed by atoms with Crippen LogP contribution in [-0.4, -0.2) is 64.4 Å². The number of imide groups is 1. The summed E-state index contributed by atoms with van der Waals surface area (Å²) in [5, 5.41) is 11.3. The van der Waals surface area contributed by atoms with Gasteiger partial charge in [-0.1, -0.05) is 6.92 Å². The number of nitrogens with zero attached hydrogens (tertiary/aromatic N) is 2. The third kappa shape index (κ3) is 3.93. The van der Waals surface area contributed by atoms with Gasteiger partial charge >= 0.3 is 12.0 Å². The Bertz CT molecular complexity index is 474. The van der Waals surface area contributed by atoms with Crippen LogP contribution < -0.4 is 5.32 Å². The number of nitrogens with one attached hydrogen (secondary N) is 1. The number of carboxylic acid groups (broad SMARTS) is 1. The minimum Gasteiger partial charge on any atom is -0.481 e. The van der Waals surface area contributed by atoms with E-state index < -0.39 is 23.5 Å². The van der Waals surface area contributed by atoms with Crippen molar-refractivity contribution in [3.05, 3.63) is 0 Å². The summed E-state index contributed by atoms with van der Waals surface area (Å²) >= 11 is 0. The van der Waals surface area contributed by atoms with Crippen LogP contribution in [-0.2, 0) is 14.4 Å². The number of hydrogen-bond acceptors (Lipinski definition) is 4. The smallest absolute Gasteiger partial charge is 0.325 e. The molecule has 8 heteroatoms. The summed E-state index contributed by atoms with van der Waals surface area (Å²) < 4.78 is 0. The van der Waals surface area contributed by atoms with Gasteiger partial charge in [0.15, 0.2) is 0 Å². The van der Waals surface area contributed by atoms with Crippen LogP contribution >= 0.6 is 0 Å². The van der Waals surface area contributed by atoms with Gasteiger partial charge in [0.25, 0.3) is 5.91 Å². The Morgan fingerprint density at radius 3 is 2.38 bits per heavy atom. The van der Waals surface area contributed by atoms with Crippen LogP contribution in [0.4, 0.5) is 4.79 Å². The Kier molecular flexibility index (Phi) is 4.93. The molecule has 4 amide bonds. The van der Waals surface area contributed by atoms with Gasteiger partial charge < -0.3 is 15.3 Å². The molecule has 0 aliphatic carbocycles. The lowest BCUT2D eigenvalue weighted by Crippen LogP contribution is -2.41. The Balaban J connectivity index is 2.52. The van der Waals surface area contributed by atoms with E-state index in [0.717, 1.165) is 4.90 Å². The molecule has 1 fully saturated rings. The molecule has 1 heterocycles. The molecule has 0 bridgehead atoms. The van der Waals surface area contributed by atoms with Crippen LogP contribution in [0.1, 0.15) is 27.2 Å².